The van der Waals surface area contributed by atoms with Gasteiger partial charge in [0.1, 0.15) is 0 Å². The zero-order valence-corrected chi connectivity index (χ0v) is 11.8. The van der Waals surface area contributed by atoms with Gasteiger partial charge in [0, 0.05) is 24.1 Å². The van der Waals surface area contributed by atoms with Crippen LogP contribution in [0.5, 0.6) is 0 Å². The van der Waals surface area contributed by atoms with Gasteiger partial charge in [-0.1, -0.05) is 6.07 Å². The van der Waals surface area contributed by atoms with Gasteiger partial charge in [-0.05, 0) is 38.1 Å². The number of aryl methyl sites for hydroxylation is 1. The van der Waals surface area contributed by atoms with Gasteiger partial charge in [-0.15, -0.1) is 11.3 Å². The molecule has 0 saturated carbocycles. The summed E-state index contributed by atoms with van der Waals surface area (Å²) < 4.78 is 10.7. The molecular weight excluding hydrogens is 240 g/mol. The first-order valence-electron chi connectivity index (χ1n) is 5.73. The molecule has 3 nitrogen and oxygen atoms in total. The lowest BCUT2D eigenvalue weighted by atomic mass is 10.3. The monoisotopic (exact) mass is 260 g/mol. The van der Waals surface area contributed by atoms with Crippen LogP contribution in [0, 0.1) is 0 Å². The minimum absolute atomic E-state index is 0.516. The van der Waals surface area contributed by atoms with Crippen molar-refractivity contribution in [2.45, 2.75) is 32.7 Å². The highest BCUT2D eigenvalue weighted by Crippen LogP contribution is 2.17. The first-order valence-corrected chi connectivity index (χ1v) is 8.58. The average Bonchev–Trinajstić information content (AvgIpc) is 2.71. The van der Waals surface area contributed by atoms with Crippen molar-refractivity contribution in [2.75, 3.05) is 13.2 Å². The third-order valence-corrected chi connectivity index (χ3v) is 5.64. The molecule has 16 heavy (non-hydrogen) atoms. The molecule has 1 heterocycles. The molecule has 5 heteroatoms. The van der Waals surface area contributed by atoms with E-state index in [0.717, 1.165) is 12.8 Å². The predicted molar refractivity (Wildman–Crippen MR) is 68.7 cm³/mol. The minimum Gasteiger partial charge on any atom is -0.390 e. The van der Waals surface area contributed by atoms with E-state index >= 15 is 0 Å². The molecule has 1 rings (SSSR count). The van der Waals surface area contributed by atoms with E-state index in [0.29, 0.717) is 19.3 Å². The molecule has 1 aromatic heterocycles. The Morgan fingerprint density at radius 1 is 1.31 bits per heavy atom. The van der Waals surface area contributed by atoms with E-state index in [4.69, 9.17) is 8.85 Å². The Bertz CT molecular complexity index is 271. The molecule has 0 bridgehead atoms. The smallest absolute Gasteiger partial charge is 0.390 e. The lowest BCUT2D eigenvalue weighted by Gasteiger charge is -2.22. The first kappa shape index (κ1) is 13.9. The summed E-state index contributed by atoms with van der Waals surface area (Å²) in [6, 6.07) is 4.81. The van der Waals surface area contributed by atoms with Crippen LogP contribution in [0.2, 0.25) is 6.04 Å². The Kier molecular flexibility index (Phi) is 6.23. The Morgan fingerprint density at radius 3 is 2.50 bits per heavy atom. The highest BCUT2D eigenvalue weighted by Gasteiger charge is 2.35. The molecule has 0 aromatic carbocycles. The summed E-state index contributed by atoms with van der Waals surface area (Å²) in [6.45, 7) is 4.80. The maximum atomic E-state index is 10.1. The van der Waals surface area contributed by atoms with Gasteiger partial charge in [0.2, 0.25) is 0 Å². The van der Waals surface area contributed by atoms with Crippen molar-refractivity contribution in [1.82, 2.24) is 0 Å². The molecule has 92 valence electrons. The Morgan fingerprint density at radius 2 is 2.00 bits per heavy atom. The van der Waals surface area contributed by atoms with E-state index in [9.17, 15) is 4.80 Å². The van der Waals surface area contributed by atoms with Gasteiger partial charge in [0.05, 0.1) is 0 Å². The van der Waals surface area contributed by atoms with E-state index < -0.39 is 8.80 Å². The molecule has 0 aliphatic rings. The fraction of sp³-hybridized carbons (Fsp3) is 0.636. The van der Waals surface area contributed by atoms with Crippen LogP contribution in [0.25, 0.3) is 0 Å². The molecule has 1 N–H and O–H groups in total. The molecule has 0 radical (unpaired) electrons. The van der Waals surface area contributed by atoms with Gasteiger partial charge in [-0.2, -0.15) is 0 Å². The Labute approximate surface area is 102 Å². The zero-order chi connectivity index (χ0) is 11.9. The summed E-state index contributed by atoms with van der Waals surface area (Å²) >= 11 is 1.75. The van der Waals surface area contributed by atoms with Crippen LogP contribution >= 0.6 is 11.3 Å². The van der Waals surface area contributed by atoms with Crippen LogP contribution in [0.4, 0.5) is 0 Å². The van der Waals surface area contributed by atoms with Gasteiger partial charge in [-0.3, -0.25) is 0 Å². The molecule has 0 atom stereocenters. The van der Waals surface area contributed by atoms with Crippen molar-refractivity contribution < 1.29 is 13.6 Å². The summed E-state index contributed by atoms with van der Waals surface area (Å²) in [5.74, 6) is 0. The van der Waals surface area contributed by atoms with Crippen LogP contribution in [-0.4, -0.2) is 26.8 Å². The Balaban J connectivity index is 2.32. The van der Waals surface area contributed by atoms with Crippen LogP contribution in [-0.2, 0) is 15.3 Å². The van der Waals surface area contributed by atoms with Gasteiger partial charge < -0.3 is 13.6 Å². The maximum Gasteiger partial charge on any atom is 0.498 e. The summed E-state index contributed by atoms with van der Waals surface area (Å²) in [4.78, 5) is 11.5. The second-order valence-electron chi connectivity index (χ2n) is 3.51. The van der Waals surface area contributed by atoms with Crippen LogP contribution in [0.3, 0.4) is 0 Å². The predicted octanol–water partition coefficient (Wildman–Crippen LogP) is 2.68. The fourth-order valence-electron chi connectivity index (χ4n) is 1.58. The van der Waals surface area contributed by atoms with E-state index in [1.165, 1.54) is 4.88 Å². The van der Waals surface area contributed by atoms with Crippen LogP contribution in [0.15, 0.2) is 17.5 Å². The van der Waals surface area contributed by atoms with Gasteiger partial charge >= 0.3 is 8.80 Å². The second kappa shape index (κ2) is 7.19. The molecule has 0 aliphatic heterocycles. The summed E-state index contributed by atoms with van der Waals surface area (Å²) in [6.07, 6.45) is 1.91. The molecular formula is C11H20O3SSi. The molecule has 1 aromatic rings. The lowest BCUT2D eigenvalue weighted by Crippen LogP contribution is -2.42. The van der Waals surface area contributed by atoms with E-state index in [1.54, 1.807) is 11.3 Å². The second-order valence-corrected chi connectivity index (χ2v) is 7.05. The fourth-order valence-corrected chi connectivity index (χ4v) is 4.23. The Hall–Kier alpha value is -0.203. The summed E-state index contributed by atoms with van der Waals surface area (Å²) in [5, 5.41) is 2.07. The highest BCUT2D eigenvalue weighted by atomic mass is 32.1. The largest absolute Gasteiger partial charge is 0.498 e. The number of thiophene rings is 1. The summed E-state index contributed by atoms with van der Waals surface area (Å²) in [5.41, 5.74) is 0. The van der Waals surface area contributed by atoms with Gasteiger partial charge in [0.25, 0.3) is 0 Å². The molecule has 0 spiro atoms. The van der Waals surface area contributed by atoms with Crippen LogP contribution < -0.4 is 0 Å². The topological polar surface area (TPSA) is 38.7 Å². The van der Waals surface area contributed by atoms with Crippen molar-refractivity contribution in [3.63, 3.8) is 0 Å². The third kappa shape index (κ3) is 4.76. The molecule has 0 unspecified atom stereocenters. The van der Waals surface area contributed by atoms with Gasteiger partial charge in [-0.25, -0.2) is 0 Å². The number of rotatable bonds is 8. The minimum atomic E-state index is -2.88. The van der Waals surface area contributed by atoms with E-state index in [-0.39, 0.29) is 0 Å². The lowest BCUT2D eigenvalue weighted by molar-refractivity contribution is 0.108. The van der Waals surface area contributed by atoms with Crippen molar-refractivity contribution >= 4 is 20.1 Å². The third-order valence-electron chi connectivity index (χ3n) is 2.24. The SMILES string of the molecule is CCO[Si](O)(CCCc1cccs1)OCC. The molecule has 0 saturated heterocycles. The maximum absolute atomic E-state index is 10.1. The average molecular weight is 260 g/mol. The number of hydrogen-bond acceptors (Lipinski definition) is 4. The molecule has 0 amide bonds. The first-order chi connectivity index (χ1) is 7.70. The van der Waals surface area contributed by atoms with Crippen molar-refractivity contribution in [2.24, 2.45) is 0 Å². The normalized spacial score (nSPS) is 11.9. The van der Waals surface area contributed by atoms with Crippen LogP contribution in [0.1, 0.15) is 25.1 Å². The molecule has 0 aliphatic carbocycles. The highest BCUT2D eigenvalue weighted by molar-refractivity contribution is 7.09. The van der Waals surface area contributed by atoms with Gasteiger partial charge in [0.15, 0.2) is 0 Å². The summed E-state index contributed by atoms with van der Waals surface area (Å²) in [7, 11) is -2.88. The zero-order valence-electron chi connectivity index (χ0n) is 9.94. The van der Waals surface area contributed by atoms with Crippen molar-refractivity contribution in [1.29, 1.82) is 0 Å². The van der Waals surface area contributed by atoms with Crippen molar-refractivity contribution in [3.8, 4) is 0 Å². The number of hydrogen-bond donors (Lipinski definition) is 1. The van der Waals surface area contributed by atoms with Crippen molar-refractivity contribution in [3.05, 3.63) is 22.4 Å². The quantitative estimate of drug-likeness (QED) is 0.730. The van der Waals surface area contributed by atoms with E-state index in [1.807, 2.05) is 13.8 Å². The van der Waals surface area contributed by atoms with E-state index in [2.05, 4.69) is 17.5 Å². The standard InChI is InChI=1S/C11H20O3SSi/c1-3-13-16(12,14-4-2)10-6-8-11-7-5-9-15-11/h5,7,9,12H,3-4,6,8,10H2,1-2H3. The molecule has 0 fully saturated rings.